The van der Waals surface area contributed by atoms with Crippen molar-refractivity contribution in [3.8, 4) is 0 Å². The molecule has 0 fully saturated rings. The average Bonchev–Trinajstić information content (AvgIpc) is 2.26. The molecule has 0 saturated carbocycles. The van der Waals surface area contributed by atoms with E-state index in [1.807, 2.05) is 11.8 Å². The largest absolute Gasteiger partial charge is 0.309 e. The summed E-state index contributed by atoms with van der Waals surface area (Å²) in [4.78, 5) is 0. The highest BCUT2D eigenvalue weighted by Gasteiger charge is 2.05. The van der Waals surface area contributed by atoms with Crippen molar-refractivity contribution >= 4 is 27.7 Å². The minimum atomic E-state index is 0.623. The van der Waals surface area contributed by atoms with E-state index in [9.17, 15) is 0 Å². The van der Waals surface area contributed by atoms with Crippen LogP contribution in [-0.2, 0) is 6.54 Å². The molecule has 90 valence electrons. The third-order valence-electron chi connectivity index (χ3n) is 2.75. The Hall–Kier alpha value is 0.01000. The maximum absolute atomic E-state index is 3.61. The lowest BCUT2D eigenvalue weighted by Gasteiger charge is -2.16. The molecule has 0 aromatic heterocycles. The second-order valence-corrected chi connectivity index (χ2v) is 5.84. The van der Waals surface area contributed by atoms with Gasteiger partial charge >= 0.3 is 0 Å². The van der Waals surface area contributed by atoms with Gasteiger partial charge in [-0.3, -0.25) is 0 Å². The maximum Gasteiger partial charge on any atom is 0.0211 e. The van der Waals surface area contributed by atoms with Gasteiger partial charge in [-0.05, 0) is 42.9 Å². The van der Waals surface area contributed by atoms with E-state index in [1.165, 1.54) is 23.3 Å². The molecule has 0 spiro atoms. The molecule has 1 aromatic rings. The van der Waals surface area contributed by atoms with Gasteiger partial charge in [-0.25, -0.2) is 0 Å². The average molecular weight is 302 g/mol. The first-order valence-corrected chi connectivity index (χ1v) is 7.83. The van der Waals surface area contributed by atoms with Crippen molar-refractivity contribution in [2.75, 3.05) is 12.0 Å². The molecule has 0 saturated heterocycles. The highest BCUT2D eigenvalue weighted by atomic mass is 79.9. The first kappa shape index (κ1) is 14.1. The second kappa shape index (κ2) is 7.36. The van der Waals surface area contributed by atoms with Gasteiger partial charge in [-0.2, -0.15) is 11.8 Å². The minimum absolute atomic E-state index is 0.623. The molecule has 1 rings (SSSR count). The van der Waals surface area contributed by atoms with Gasteiger partial charge in [0.05, 0.1) is 0 Å². The van der Waals surface area contributed by atoms with Crippen LogP contribution in [0.4, 0.5) is 0 Å². The number of halogens is 1. The lowest BCUT2D eigenvalue weighted by molar-refractivity contribution is 0.540. The van der Waals surface area contributed by atoms with Crippen molar-refractivity contribution in [3.05, 3.63) is 33.8 Å². The number of aryl methyl sites for hydroxylation is 1. The third-order valence-corrected chi connectivity index (χ3v) is 3.98. The van der Waals surface area contributed by atoms with E-state index in [2.05, 4.69) is 59.5 Å². The maximum atomic E-state index is 3.61. The Bertz CT molecular complexity index is 328. The molecule has 0 aliphatic rings. The molecule has 1 atom stereocenters. The minimum Gasteiger partial charge on any atom is -0.309 e. The van der Waals surface area contributed by atoms with E-state index in [-0.39, 0.29) is 0 Å². The van der Waals surface area contributed by atoms with E-state index < -0.39 is 0 Å². The first-order chi connectivity index (χ1) is 7.67. The van der Waals surface area contributed by atoms with Crippen LogP contribution in [0.15, 0.2) is 22.7 Å². The summed E-state index contributed by atoms with van der Waals surface area (Å²) in [5.41, 5.74) is 2.74. The lowest BCUT2D eigenvalue weighted by atomic mass is 10.1. The number of thioether (sulfide) groups is 1. The summed E-state index contributed by atoms with van der Waals surface area (Å²) in [7, 11) is 0. The Morgan fingerprint density at radius 1 is 1.44 bits per heavy atom. The standard InChI is InChI=1S/C13H20BrNS/c1-4-13(9-16-3)15-8-11-5-6-12(14)7-10(11)2/h5-7,13,15H,4,8-9H2,1-3H3. The molecule has 0 bridgehead atoms. The van der Waals surface area contributed by atoms with E-state index >= 15 is 0 Å². The Balaban J connectivity index is 2.53. The SMILES string of the molecule is CCC(CSC)NCc1ccc(Br)cc1C. The van der Waals surface area contributed by atoms with Gasteiger partial charge in [0.1, 0.15) is 0 Å². The van der Waals surface area contributed by atoms with Gasteiger partial charge in [-0.15, -0.1) is 0 Å². The Morgan fingerprint density at radius 2 is 2.19 bits per heavy atom. The summed E-state index contributed by atoms with van der Waals surface area (Å²) in [6, 6.07) is 7.10. The summed E-state index contributed by atoms with van der Waals surface area (Å²) < 4.78 is 1.16. The van der Waals surface area contributed by atoms with Gasteiger partial charge < -0.3 is 5.32 Å². The zero-order chi connectivity index (χ0) is 12.0. The van der Waals surface area contributed by atoms with Gasteiger partial charge in [0.15, 0.2) is 0 Å². The molecule has 1 unspecified atom stereocenters. The van der Waals surface area contributed by atoms with E-state index in [4.69, 9.17) is 0 Å². The van der Waals surface area contributed by atoms with Crippen LogP contribution in [0.2, 0.25) is 0 Å². The molecule has 1 nitrogen and oxygen atoms in total. The number of hydrogen-bond acceptors (Lipinski definition) is 2. The fourth-order valence-electron chi connectivity index (χ4n) is 1.63. The molecular weight excluding hydrogens is 282 g/mol. The molecule has 1 aromatic carbocycles. The normalized spacial score (nSPS) is 12.8. The molecule has 0 aliphatic heterocycles. The Labute approximate surface area is 112 Å². The van der Waals surface area contributed by atoms with Crippen LogP contribution in [0.25, 0.3) is 0 Å². The zero-order valence-corrected chi connectivity index (χ0v) is 12.6. The second-order valence-electron chi connectivity index (χ2n) is 4.01. The fraction of sp³-hybridized carbons (Fsp3) is 0.538. The molecule has 0 radical (unpaired) electrons. The summed E-state index contributed by atoms with van der Waals surface area (Å²) in [6.07, 6.45) is 3.35. The van der Waals surface area contributed by atoms with Gasteiger partial charge in [0.2, 0.25) is 0 Å². The van der Waals surface area contributed by atoms with Crippen LogP contribution in [0.1, 0.15) is 24.5 Å². The van der Waals surface area contributed by atoms with Gasteiger partial charge in [0, 0.05) is 22.8 Å². The summed E-state index contributed by atoms with van der Waals surface area (Å²) in [5.74, 6) is 1.19. The predicted molar refractivity (Wildman–Crippen MR) is 78.2 cm³/mol. The fourth-order valence-corrected chi connectivity index (χ4v) is 2.87. The van der Waals surface area contributed by atoms with Crippen LogP contribution in [-0.4, -0.2) is 18.1 Å². The molecule has 0 amide bonds. The quantitative estimate of drug-likeness (QED) is 0.853. The van der Waals surface area contributed by atoms with Crippen LogP contribution >= 0.6 is 27.7 Å². The van der Waals surface area contributed by atoms with Crippen molar-refractivity contribution in [2.24, 2.45) is 0 Å². The summed E-state index contributed by atoms with van der Waals surface area (Å²) in [6.45, 7) is 5.37. The molecule has 3 heteroatoms. The number of rotatable bonds is 6. The van der Waals surface area contributed by atoms with E-state index in [0.29, 0.717) is 6.04 Å². The monoisotopic (exact) mass is 301 g/mol. The van der Waals surface area contributed by atoms with Crippen LogP contribution in [0.5, 0.6) is 0 Å². The first-order valence-electron chi connectivity index (χ1n) is 5.64. The van der Waals surface area contributed by atoms with Crippen molar-refractivity contribution in [1.82, 2.24) is 5.32 Å². The van der Waals surface area contributed by atoms with Crippen molar-refractivity contribution < 1.29 is 0 Å². The smallest absolute Gasteiger partial charge is 0.0211 e. The van der Waals surface area contributed by atoms with Crippen molar-refractivity contribution in [1.29, 1.82) is 0 Å². The molecule has 0 heterocycles. The molecule has 1 N–H and O–H groups in total. The number of hydrogen-bond donors (Lipinski definition) is 1. The molecular formula is C13H20BrNS. The van der Waals surface area contributed by atoms with Gasteiger partial charge in [0.25, 0.3) is 0 Å². The van der Waals surface area contributed by atoms with E-state index in [0.717, 1.165) is 11.0 Å². The van der Waals surface area contributed by atoms with Gasteiger partial charge in [-0.1, -0.05) is 28.9 Å². The van der Waals surface area contributed by atoms with Crippen molar-refractivity contribution in [3.63, 3.8) is 0 Å². The molecule has 16 heavy (non-hydrogen) atoms. The number of benzene rings is 1. The van der Waals surface area contributed by atoms with Crippen molar-refractivity contribution in [2.45, 2.75) is 32.9 Å². The molecule has 0 aliphatic carbocycles. The van der Waals surface area contributed by atoms with Crippen LogP contribution < -0.4 is 5.32 Å². The predicted octanol–water partition coefficient (Wildman–Crippen LogP) is 3.99. The zero-order valence-electron chi connectivity index (χ0n) is 10.2. The third kappa shape index (κ3) is 4.48. The number of nitrogens with one attached hydrogen (secondary N) is 1. The highest BCUT2D eigenvalue weighted by molar-refractivity contribution is 9.10. The topological polar surface area (TPSA) is 12.0 Å². The summed E-state index contributed by atoms with van der Waals surface area (Å²) in [5, 5.41) is 3.61. The van der Waals surface area contributed by atoms with E-state index in [1.54, 1.807) is 0 Å². The highest BCUT2D eigenvalue weighted by Crippen LogP contribution is 2.16. The van der Waals surface area contributed by atoms with Crippen LogP contribution in [0.3, 0.4) is 0 Å². The lowest BCUT2D eigenvalue weighted by Crippen LogP contribution is -2.30. The Kier molecular flexibility index (Phi) is 6.47. The van der Waals surface area contributed by atoms with Crippen LogP contribution in [0, 0.1) is 6.92 Å². The summed E-state index contributed by atoms with van der Waals surface area (Å²) >= 11 is 5.40. The Morgan fingerprint density at radius 3 is 2.75 bits per heavy atom.